The molecule has 2 rings (SSSR count). The highest BCUT2D eigenvalue weighted by molar-refractivity contribution is 14.0. The maximum atomic E-state index is 13.4. The highest BCUT2D eigenvalue weighted by Gasteiger charge is 2.21. The number of nitrogens with zero attached hydrogens (tertiary/aromatic N) is 1. The number of benzene rings is 1. The SMILES string of the molecule is CCNC(=NCCNC(=O)c1ccc(C)c(F)c1)NC1CC1.I. The summed E-state index contributed by atoms with van der Waals surface area (Å²) in [6.45, 7) is 5.37. The Kier molecular flexibility index (Phi) is 8.29. The van der Waals surface area contributed by atoms with Gasteiger partial charge in [-0.05, 0) is 44.4 Å². The maximum absolute atomic E-state index is 13.4. The molecule has 0 aliphatic heterocycles. The summed E-state index contributed by atoms with van der Waals surface area (Å²) >= 11 is 0. The Morgan fingerprint density at radius 3 is 2.70 bits per heavy atom. The summed E-state index contributed by atoms with van der Waals surface area (Å²) in [5, 5.41) is 9.21. The third-order valence-corrected chi connectivity index (χ3v) is 3.36. The van der Waals surface area contributed by atoms with Crippen molar-refractivity contribution in [2.24, 2.45) is 4.99 Å². The van der Waals surface area contributed by atoms with Crippen molar-refractivity contribution in [1.82, 2.24) is 16.0 Å². The van der Waals surface area contributed by atoms with Crippen LogP contribution < -0.4 is 16.0 Å². The molecule has 1 aliphatic carbocycles. The van der Waals surface area contributed by atoms with Gasteiger partial charge in [-0.3, -0.25) is 9.79 Å². The van der Waals surface area contributed by atoms with Crippen molar-refractivity contribution in [2.45, 2.75) is 32.7 Å². The van der Waals surface area contributed by atoms with Crippen molar-refractivity contribution in [2.75, 3.05) is 19.6 Å². The molecule has 5 nitrogen and oxygen atoms in total. The first-order chi connectivity index (χ1) is 10.6. The number of hydrogen-bond acceptors (Lipinski definition) is 2. The molecule has 128 valence electrons. The minimum Gasteiger partial charge on any atom is -0.357 e. The number of hydrogen-bond donors (Lipinski definition) is 3. The zero-order valence-electron chi connectivity index (χ0n) is 13.5. The Hall–Kier alpha value is -1.38. The Labute approximate surface area is 153 Å². The molecule has 1 aromatic rings. The largest absolute Gasteiger partial charge is 0.357 e. The van der Waals surface area contributed by atoms with Crippen LogP contribution in [0.1, 0.15) is 35.7 Å². The van der Waals surface area contributed by atoms with E-state index in [2.05, 4.69) is 20.9 Å². The number of nitrogens with one attached hydrogen (secondary N) is 3. The van der Waals surface area contributed by atoms with Gasteiger partial charge in [-0.15, -0.1) is 24.0 Å². The second kappa shape index (κ2) is 9.69. The third-order valence-electron chi connectivity index (χ3n) is 3.36. The van der Waals surface area contributed by atoms with E-state index in [-0.39, 0.29) is 35.7 Å². The molecule has 1 fully saturated rings. The Morgan fingerprint density at radius 1 is 1.35 bits per heavy atom. The lowest BCUT2D eigenvalue weighted by molar-refractivity contribution is 0.0954. The van der Waals surface area contributed by atoms with Crippen LogP contribution in [0.25, 0.3) is 0 Å². The monoisotopic (exact) mass is 434 g/mol. The summed E-state index contributed by atoms with van der Waals surface area (Å²) < 4.78 is 13.4. The predicted octanol–water partition coefficient (Wildman–Crippen LogP) is 2.20. The lowest BCUT2D eigenvalue weighted by Gasteiger charge is -2.10. The normalized spacial score (nSPS) is 14.0. The van der Waals surface area contributed by atoms with Gasteiger partial charge in [0.25, 0.3) is 5.91 Å². The van der Waals surface area contributed by atoms with Gasteiger partial charge < -0.3 is 16.0 Å². The molecule has 0 saturated heterocycles. The molecule has 23 heavy (non-hydrogen) atoms. The average molecular weight is 434 g/mol. The minimum atomic E-state index is -0.367. The number of carbonyl (C=O) groups excluding carboxylic acids is 1. The van der Waals surface area contributed by atoms with Crippen LogP contribution in [0.2, 0.25) is 0 Å². The van der Waals surface area contributed by atoms with Gasteiger partial charge in [-0.2, -0.15) is 0 Å². The van der Waals surface area contributed by atoms with E-state index in [0.717, 1.165) is 12.5 Å². The van der Waals surface area contributed by atoms with E-state index in [1.54, 1.807) is 19.1 Å². The van der Waals surface area contributed by atoms with Crippen LogP contribution in [0.15, 0.2) is 23.2 Å². The fourth-order valence-corrected chi connectivity index (χ4v) is 1.91. The van der Waals surface area contributed by atoms with Gasteiger partial charge in [0.15, 0.2) is 5.96 Å². The number of halogens is 2. The second-order valence-corrected chi connectivity index (χ2v) is 5.40. The van der Waals surface area contributed by atoms with Crippen LogP contribution >= 0.6 is 24.0 Å². The van der Waals surface area contributed by atoms with Gasteiger partial charge in [0.05, 0.1) is 6.54 Å². The lowest BCUT2D eigenvalue weighted by Crippen LogP contribution is -2.39. The summed E-state index contributed by atoms with van der Waals surface area (Å²) in [7, 11) is 0. The third kappa shape index (κ3) is 6.72. The van der Waals surface area contributed by atoms with Crippen LogP contribution in [0.4, 0.5) is 4.39 Å². The topological polar surface area (TPSA) is 65.5 Å². The molecular formula is C16H24FIN4O. The molecule has 0 radical (unpaired) electrons. The Balaban J connectivity index is 0.00000264. The van der Waals surface area contributed by atoms with E-state index >= 15 is 0 Å². The molecule has 0 aromatic heterocycles. The van der Waals surface area contributed by atoms with Crippen LogP contribution in [0.5, 0.6) is 0 Å². The van der Waals surface area contributed by atoms with Crippen molar-refractivity contribution >= 4 is 35.8 Å². The van der Waals surface area contributed by atoms with Gasteiger partial charge in [-0.1, -0.05) is 6.07 Å². The van der Waals surface area contributed by atoms with E-state index in [9.17, 15) is 9.18 Å². The molecule has 1 amide bonds. The molecule has 1 aromatic carbocycles. The zero-order chi connectivity index (χ0) is 15.9. The molecule has 0 spiro atoms. The number of carbonyl (C=O) groups is 1. The molecule has 1 aliphatic rings. The lowest BCUT2D eigenvalue weighted by atomic mass is 10.1. The highest BCUT2D eigenvalue weighted by atomic mass is 127. The Morgan fingerprint density at radius 2 is 2.09 bits per heavy atom. The zero-order valence-corrected chi connectivity index (χ0v) is 15.8. The van der Waals surface area contributed by atoms with Crippen molar-refractivity contribution in [1.29, 1.82) is 0 Å². The summed E-state index contributed by atoms with van der Waals surface area (Å²) in [5.74, 6) is 0.128. The van der Waals surface area contributed by atoms with Crippen molar-refractivity contribution in [3.63, 3.8) is 0 Å². The number of guanidine groups is 1. The first kappa shape index (κ1) is 19.7. The number of rotatable bonds is 6. The van der Waals surface area contributed by atoms with Gasteiger partial charge in [0.1, 0.15) is 5.82 Å². The van der Waals surface area contributed by atoms with Crippen molar-refractivity contribution < 1.29 is 9.18 Å². The summed E-state index contributed by atoms with van der Waals surface area (Å²) in [5.41, 5.74) is 0.859. The van der Waals surface area contributed by atoms with Gasteiger partial charge in [0.2, 0.25) is 0 Å². The first-order valence-electron chi connectivity index (χ1n) is 7.69. The van der Waals surface area contributed by atoms with Gasteiger partial charge in [-0.25, -0.2) is 4.39 Å². The number of aryl methyl sites for hydroxylation is 1. The number of amides is 1. The molecular weight excluding hydrogens is 410 g/mol. The highest BCUT2D eigenvalue weighted by Crippen LogP contribution is 2.18. The van der Waals surface area contributed by atoms with E-state index in [4.69, 9.17) is 0 Å². The molecule has 0 atom stereocenters. The van der Waals surface area contributed by atoms with Crippen LogP contribution in [-0.4, -0.2) is 37.5 Å². The van der Waals surface area contributed by atoms with Gasteiger partial charge in [0, 0.05) is 24.7 Å². The number of aliphatic imine (C=N–C) groups is 1. The maximum Gasteiger partial charge on any atom is 0.251 e. The average Bonchev–Trinajstić information content (AvgIpc) is 3.30. The van der Waals surface area contributed by atoms with Crippen molar-refractivity contribution in [3.05, 3.63) is 35.1 Å². The first-order valence-corrected chi connectivity index (χ1v) is 7.69. The Bertz CT molecular complexity index is 561. The predicted molar refractivity (Wildman–Crippen MR) is 101 cm³/mol. The molecule has 0 unspecified atom stereocenters. The van der Waals surface area contributed by atoms with Crippen molar-refractivity contribution in [3.8, 4) is 0 Å². The van der Waals surface area contributed by atoms with E-state index in [1.165, 1.54) is 18.9 Å². The summed E-state index contributed by atoms with van der Waals surface area (Å²) in [4.78, 5) is 16.3. The molecule has 7 heteroatoms. The quantitative estimate of drug-likeness (QED) is 0.279. The summed E-state index contributed by atoms with van der Waals surface area (Å²) in [6, 6.07) is 5.01. The molecule has 3 N–H and O–H groups in total. The molecule has 0 heterocycles. The van der Waals surface area contributed by atoms with E-state index in [1.807, 2.05) is 6.92 Å². The fraction of sp³-hybridized carbons (Fsp3) is 0.500. The fourth-order valence-electron chi connectivity index (χ4n) is 1.91. The van der Waals surface area contributed by atoms with E-state index < -0.39 is 0 Å². The second-order valence-electron chi connectivity index (χ2n) is 5.40. The summed E-state index contributed by atoms with van der Waals surface area (Å²) in [6.07, 6.45) is 2.36. The molecule has 1 saturated carbocycles. The van der Waals surface area contributed by atoms with Gasteiger partial charge >= 0.3 is 0 Å². The van der Waals surface area contributed by atoms with Crippen LogP contribution in [0.3, 0.4) is 0 Å². The minimum absolute atomic E-state index is 0. The van der Waals surface area contributed by atoms with E-state index in [0.29, 0.717) is 30.3 Å². The smallest absolute Gasteiger partial charge is 0.251 e. The van der Waals surface area contributed by atoms with Crippen LogP contribution in [-0.2, 0) is 0 Å². The molecule has 0 bridgehead atoms. The van der Waals surface area contributed by atoms with Crippen LogP contribution in [0, 0.1) is 12.7 Å². The standard InChI is InChI=1S/C16H23FN4O.HI/c1-3-18-16(21-13-6-7-13)20-9-8-19-15(22)12-5-4-11(2)14(17)10-12;/h4-5,10,13H,3,6-9H2,1-2H3,(H,19,22)(H2,18,20,21);1H.